The fourth-order valence-corrected chi connectivity index (χ4v) is 2.39. The summed E-state index contributed by atoms with van der Waals surface area (Å²) in [6.07, 6.45) is 10.1. The van der Waals surface area contributed by atoms with Gasteiger partial charge in [0.1, 0.15) is 0 Å². The van der Waals surface area contributed by atoms with Crippen LogP contribution in [0.4, 0.5) is 0 Å². The summed E-state index contributed by atoms with van der Waals surface area (Å²) in [4.78, 5) is 0. The molecule has 0 aliphatic carbocycles. The van der Waals surface area contributed by atoms with Crippen molar-refractivity contribution < 1.29 is 4.74 Å². The van der Waals surface area contributed by atoms with Crippen LogP contribution in [0.3, 0.4) is 0 Å². The fraction of sp³-hybridized carbons (Fsp3) is 0.579. The molecule has 0 bridgehead atoms. The molecule has 0 heterocycles. The first-order chi connectivity index (χ1) is 9.67. The molecule has 0 aliphatic rings. The molecule has 0 amide bonds. The van der Waals surface area contributed by atoms with Gasteiger partial charge in [-0.2, -0.15) is 0 Å². The van der Waals surface area contributed by atoms with Crippen molar-refractivity contribution in [2.45, 2.75) is 72.0 Å². The highest BCUT2D eigenvalue weighted by molar-refractivity contribution is 5.52. The average Bonchev–Trinajstić information content (AvgIpc) is 2.45. The second kappa shape index (κ2) is 9.77. The molecule has 112 valence electrons. The van der Waals surface area contributed by atoms with Crippen molar-refractivity contribution in [3.05, 3.63) is 41.5 Å². The molecule has 0 spiro atoms. The van der Waals surface area contributed by atoms with Gasteiger partial charge in [0.2, 0.25) is 0 Å². The quantitative estimate of drug-likeness (QED) is 0.482. The van der Waals surface area contributed by atoms with Crippen molar-refractivity contribution in [3.8, 4) is 0 Å². The van der Waals surface area contributed by atoms with Crippen molar-refractivity contribution in [1.82, 2.24) is 0 Å². The number of unbranched alkanes of at least 4 members (excludes halogenated alkanes) is 4. The van der Waals surface area contributed by atoms with Gasteiger partial charge in [0.25, 0.3) is 0 Å². The van der Waals surface area contributed by atoms with Crippen molar-refractivity contribution in [1.29, 1.82) is 0 Å². The third-order valence-corrected chi connectivity index (χ3v) is 3.76. The molecule has 20 heavy (non-hydrogen) atoms. The zero-order valence-corrected chi connectivity index (χ0v) is 13.5. The maximum absolute atomic E-state index is 5.97. The maximum atomic E-state index is 5.97. The van der Waals surface area contributed by atoms with E-state index in [1.165, 1.54) is 55.2 Å². The molecule has 0 radical (unpaired) electrons. The van der Waals surface area contributed by atoms with Gasteiger partial charge in [0.15, 0.2) is 0 Å². The van der Waals surface area contributed by atoms with E-state index in [9.17, 15) is 0 Å². The lowest BCUT2D eigenvalue weighted by Gasteiger charge is -2.14. The maximum Gasteiger partial charge on any atom is 0.0726 e. The normalized spacial score (nSPS) is 12.3. The number of rotatable bonds is 10. The van der Waals surface area contributed by atoms with Crippen molar-refractivity contribution in [3.63, 3.8) is 0 Å². The molecule has 0 fully saturated rings. The smallest absolute Gasteiger partial charge is 0.0726 e. The van der Waals surface area contributed by atoms with Crippen LogP contribution in [0.5, 0.6) is 0 Å². The lowest BCUT2D eigenvalue weighted by molar-refractivity contribution is 0.0458. The Labute approximate surface area is 125 Å². The summed E-state index contributed by atoms with van der Waals surface area (Å²) in [5, 5.41) is 0. The zero-order valence-electron chi connectivity index (χ0n) is 13.5. The Kier molecular flexibility index (Phi) is 8.29. The Morgan fingerprint density at radius 1 is 1.20 bits per heavy atom. The fourth-order valence-electron chi connectivity index (χ4n) is 2.39. The van der Waals surface area contributed by atoms with E-state index in [0.717, 1.165) is 0 Å². The molecule has 0 aromatic heterocycles. The van der Waals surface area contributed by atoms with Crippen molar-refractivity contribution in [2.24, 2.45) is 0 Å². The Hall–Kier alpha value is -1.08. The lowest BCUT2D eigenvalue weighted by atomic mass is 10.0. The molecule has 0 saturated carbocycles. The third-order valence-electron chi connectivity index (χ3n) is 3.76. The van der Waals surface area contributed by atoms with E-state index in [2.05, 4.69) is 45.5 Å². The van der Waals surface area contributed by atoms with E-state index < -0.39 is 0 Å². The first-order valence-electron chi connectivity index (χ1n) is 8.01. The van der Waals surface area contributed by atoms with Crippen LogP contribution >= 0.6 is 0 Å². The molecule has 1 aromatic carbocycles. The highest BCUT2D eigenvalue weighted by atomic mass is 16.5. The first-order valence-corrected chi connectivity index (χ1v) is 8.01. The van der Waals surface area contributed by atoms with Crippen LogP contribution in [-0.4, -0.2) is 6.10 Å². The molecule has 0 N–H and O–H groups in total. The van der Waals surface area contributed by atoms with Gasteiger partial charge in [-0.15, -0.1) is 0 Å². The summed E-state index contributed by atoms with van der Waals surface area (Å²) in [6.45, 7) is 11.1. The van der Waals surface area contributed by atoms with Gasteiger partial charge < -0.3 is 4.74 Å². The highest BCUT2D eigenvalue weighted by Gasteiger charge is 2.05. The minimum atomic E-state index is 0.343. The van der Waals surface area contributed by atoms with Crippen LogP contribution in [0.15, 0.2) is 24.8 Å². The van der Waals surface area contributed by atoms with E-state index >= 15 is 0 Å². The number of hydrogen-bond acceptors (Lipinski definition) is 1. The van der Waals surface area contributed by atoms with E-state index in [4.69, 9.17) is 4.74 Å². The SMILES string of the molecule is C=Cc1cc(C)ccc1COC(C)CCCCCCC. The first kappa shape index (κ1) is 17.0. The van der Waals surface area contributed by atoms with Crippen molar-refractivity contribution >= 4 is 6.08 Å². The summed E-state index contributed by atoms with van der Waals surface area (Å²) in [5.74, 6) is 0. The predicted molar refractivity (Wildman–Crippen MR) is 88.9 cm³/mol. The number of hydrogen-bond donors (Lipinski definition) is 0. The zero-order chi connectivity index (χ0) is 14.8. The van der Waals surface area contributed by atoms with Gasteiger partial charge in [0, 0.05) is 0 Å². The van der Waals surface area contributed by atoms with Gasteiger partial charge in [-0.05, 0) is 31.4 Å². The van der Waals surface area contributed by atoms with Crippen LogP contribution in [-0.2, 0) is 11.3 Å². The monoisotopic (exact) mass is 274 g/mol. The van der Waals surface area contributed by atoms with Crippen LogP contribution in [0.1, 0.15) is 69.1 Å². The minimum Gasteiger partial charge on any atom is -0.374 e. The summed E-state index contributed by atoms with van der Waals surface area (Å²) >= 11 is 0. The largest absolute Gasteiger partial charge is 0.374 e. The number of benzene rings is 1. The van der Waals surface area contributed by atoms with Gasteiger partial charge in [-0.25, -0.2) is 0 Å². The average molecular weight is 274 g/mol. The van der Waals surface area contributed by atoms with E-state index in [1.807, 2.05) is 6.08 Å². The number of aryl methyl sites for hydroxylation is 1. The molecular formula is C19H30O. The summed E-state index contributed by atoms with van der Waals surface area (Å²) < 4.78 is 5.97. The summed E-state index contributed by atoms with van der Waals surface area (Å²) in [5.41, 5.74) is 3.70. The summed E-state index contributed by atoms with van der Waals surface area (Å²) in [7, 11) is 0. The molecule has 1 atom stereocenters. The van der Waals surface area contributed by atoms with Gasteiger partial charge >= 0.3 is 0 Å². The Bertz CT molecular complexity index is 395. The predicted octanol–water partition coefficient (Wildman–Crippen LogP) is 5.90. The molecule has 1 unspecified atom stereocenters. The Balaban J connectivity index is 2.30. The Morgan fingerprint density at radius 3 is 2.65 bits per heavy atom. The third kappa shape index (κ3) is 6.38. The molecule has 1 heteroatoms. The molecule has 1 nitrogen and oxygen atoms in total. The number of ether oxygens (including phenoxy) is 1. The van der Waals surface area contributed by atoms with Gasteiger partial charge in [-0.1, -0.05) is 75.4 Å². The van der Waals surface area contributed by atoms with Crippen molar-refractivity contribution in [2.75, 3.05) is 0 Å². The van der Waals surface area contributed by atoms with E-state index in [1.54, 1.807) is 0 Å². The van der Waals surface area contributed by atoms with Crippen LogP contribution in [0, 0.1) is 6.92 Å². The standard InChI is InChI=1S/C19H30O/c1-5-7-8-9-10-11-17(4)20-15-19-13-12-16(3)14-18(19)6-2/h6,12-14,17H,2,5,7-11,15H2,1,3-4H3. The molecule has 0 saturated heterocycles. The van der Waals surface area contributed by atoms with E-state index in [0.29, 0.717) is 12.7 Å². The highest BCUT2D eigenvalue weighted by Crippen LogP contribution is 2.16. The molecule has 0 aliphatic heterocycles. The van der Waals surface area contributed by atoms with Crippen LogP contribution in [0.25, 0.3) is 6.08 Å². The van der Waals surface area contributed by atoms with E-state index in [-0.39, 0.29) is 0 Å². The molecular weight excluding hydrogens is 244 g/mol. The second-order valence-electron chi connectivity index (χ2n) is 5.73. The second-order valence-corrected chi connectivity index (χ2v) is 5.73. The lowest BCUT2D eigenvalue weighted by Crippen LogP contribution is -2.08. The van der Waals surface area contributed by atoms with Gasteiger partial charge in [0.05, 0.1) is 12.7 Å². The summed E-state index contributed by atoms with van der Waals surface area (Å²) in [6, 6.07) is 6.46. The Morgan fingerprint density at radius 2 is 1.95 bits per heavy atom. The molecule has 1 aromatic rings. The van der Waals surface area contributed by atoms with Gasteiger partial charge in [-0.3, -0.25) is 0 Å². The van der Waals surface area contributed by atoms with Crippen LogP contribution < -0.4 is 0 Å². The van der Waals surface area contributed by atoms with Crippen LogP contribution in [0.2, 0.25) is 0 Å². The molecule has 1 rings (SSSR count). The minimum absolute atomic E-state index is 0.343. The topological polar surface area (TPSA) is 9.23 Å².